The molecular formula is C16H35N3. The molecule has 0 unspecified atom stereocenters. The van der Waals surface area contributed by atoms with Crippen molar-refractivity contribution in [3.63, 3.8) is 0 Å². The van der Waals surface area contributed by atoms with Crippen molar-refractivity contribution in [2.24, 2.45) is 11.8 Å². The van der Waals surface area contributed by atoms with Crippen molar-refractivity contribution < 1.29 is 0 Å². The van der Waals surface area contributed by atoms with E-state index in [9.17, 15) is 0 Å². The van der Waals surface area contributed by atoms with Gasteiger partial charge in [-0.3, -0.25) is 0 Å². The minimum atomic E-state index is 0.761. The zero-order chi connectivity index (χ0) is 14.1. The molecule has 114 valence electrons. The zero-order valence-corrected chi connectivity index (χ0v) is 13.6. The zero-order valence-electron chi connectivity index (χ0n) is 13.6. The summed E-state index contributed by atoms with van der Waals surface area (Å²) in [4.78, 5) is 4.88. The Bertz CT molecular complexity index is 210. The maximum atomic E-state index is 3.66. The summed E-state index contributed by atoms with van der Waals surface area (Å²) in [6.45, 7) is 11.8. The van der Waals surface area contributed by atoms with Crippen LogP contribution < -0.4 is 5.32 Å². The largest absolute Gasteiger partial charge is 0.315 e. The van der Waals surface area contributed by atoms with Gasteiger partial charge in [0, 0.05) is 32.7 Å². The van der Waals surface area contributed by atoms with Gasteiger partial charge in [-0.25, -0.2) is 0 Å². The highest BCUT2D eigenvalue weighted by Crippen LogP contribution is 2.23. The standard InChI is InChI=1S/C16H35N3/c1-15(2)14-19(12-11-18(3)4)10-9-17-13-16-7-5-6-8-16/h15-17H,5-14H2,1-4H3. The van der Waals surface area contributed by atoms with E-state index in [-0.39, 0.29) is 0 Å². The maximum Gasteiger partial charge on any atom is 0.0110 e. The van der Waals surface area contributed by atoms with E-state index < -0.39 is 0 Å². The van der Waals surface area contributed by atoms with Crippen LogP contribution in [0.25, 0.3) is 0 Å². The molecule has 1 aliphatic carbocycles. The van der Waals surface area contributed by atoms with Gasteiger partial charge in [-0.2, -0.15) is 0 Å². The molecule has 1 rings (SSSR count). The summed E-state index contributed by atoms with van der Waals surface area (Å²) in [7, 11) is 4.32. The average Bonchev–Trinajstić information content (AvgIpc) is 2.83. The Balaban J connectivity index is 2.11. The molecule has 1 N–H and O–H groups in total. The normalized spacial score (nSPS) is 17.2. The maximum absolute atomic E-state index is 3.66. The SMILES string of the molecule is CC(C)CN(CCNCC1CCCC1)CCN(C)C. The first kappa shape index (κ1) is 16.9. The molecule has 0 radical (unpaired) electrons. The van der Waals surface area contributed by atoms with Crippen LogP contribution in [0.3, 0.4) is 0 Å². The minimum Gasteiger partial charge on any atom is -0.315 e. The lowest BCUT2D eigenvalue weighted by Crippen LogP contribution is -2.39. The van der Waals surface area contributed by atoms with Gasteiger partial charge in [0.2, 0.25) is 0 Å². The Morgan fingerprint density at radius 3 is 2.32 bits per heavy atom. The molecule has 0 aromatic rings. The first-order chi connectivity index (χ1) is 9.08. The molecular weight excluding hydrogens is 234 g/mol. The van der Waals surface area contributed by atoms with Crippen LogP contribution in [0.5, 0.6) is 0 Å². The van der Waals surface area contributed by atoms with E-state index in [0.29, 0.717) is 0 Å². The molecule has 0 atom stereocenters. The summed E-state index contributed by atoms with van der Waals surface area (Å²) in [6, 6.07) is 0. The first-order valence-electron chi connectivity index (χ1n) is 8.15. The van der Waals surface area contributed by atoms with Gasteiger partial charge in [-0.1, -0.05) is 26.7 Å². The Hall–Kier alpha value is -0.120. The van der Waals surface area contributed by atoms with Gasteiger partial charge in [0.05, 0.1) is 0 Å². The second-order valence-corrected chi connectivity index (χ2v) is 6.85. The summed E-state index contributed by atoms with van der Waals surface area (Å²) in [5, 5.41) is 3.66. The average molecular weight is 269 g/mol. The van der Waals surface area contributed by atoms with Gasteiger partial charge in [0.15, 0.2) is 0 Å². The van der Waals surface area contributed by atoms with E-state index in [1.807, 2.05) is 0 Å². The van der Waals surface area contributed by atoms with Crippen LogP contribution in [-0.4, -0.2) is 63.2 Å². The molecule has 0 spiro atoms. The van der Waals surface area contributed by atoms with Crippen molar-refractivity contribution in [3.05, 3.63) is 0 Å². The van der Waals surface area contributed by atoms with E-state index >= 15 is 0 Å². The lowest BCUT2D eigenvalue weighted by atomic mass is 10.1. The van der Waals surface area contributed by atoms with E-state index in [1.54, 1.807) is 0 Å². The fourth-order valence-corrected chi connectivity index (χ4v) is 2.91. The molecule has 1 fully saturated rings. The third kappa shape index (κ3) is 8.61. The lowest BCUT2D eigenvalue weighted by Gasteiger charge is -2.26. The van der Waals surface area contributed by atoms with Crippen molar-refractivity contribution in [2.45, 2.75) is 39.5 Å². The molecule has 0 saturated heterocycles. The van der Waals surface area contributed by atoms with E-state index in [0.717, 1.165) is 24.9 Å². The van der Waals surface area contributed by atoms with Crippen molar-refractivity contribution in [3.8, 4) is 0 Å². The minimum absolute atomic E-state index is 0.761. The molecule has 0 aromatic carbocycles. The van der Waals surface area contributed by atoms with E-state index in [1.165, 1.54) is 51.9 Å². The fraction of sp³-hybridized carbons (Fsp3) is 1.00. The third-order valence-corrected chi connectivity index (χ3v) is 4.00. The smallest absolute Gasteiger partial charge is 0.0110 e. The third-order valence-electron chi connectivity index (χ3n) is 4.00. The molecule has 0 aromatic heterocycles. The Morgan fingerprint density at radius 1 is 1.05 bits per heavy atom. The van der Waals surface area contributed by atoms with Crippen LogP contribution in [0.2, 0.25) is 0 Å². The summed E-state index contributed by atoms with van der Waals surface area (Å²) >= 11 is 0. The number of likely N-dealkylation sites (N-methyl/N-ethyl adjacent to an activating group) is 1. The monoisotopic (exact) mass is 269 g/mol. The molecule has 0 aliphatic heterocycles. The topological polar surface area (TPSA) is 18.5 Å². The van der Waals surface area contributed by atoms with Gasteiger partial charge in [-0.15, -0.1) is 0 Å². The van der Waals surface area contributed by atoms with Gasteiger partial charge in [-0.05, 0) is 45.3 Å². The Morgan fingerprint density at radius 2 is 1.74 bits per heavy atom. The predicted molar refractivity (Wildman–Crippen MR) is 84.7 cm³/mol. The van der Waals surface area contributed by atoms with Crippen molar-refractivity contribution in [1.29, 1.82) is 0 Å². The fourth-order valence-electron chi connectivity index (χ4n) is 2.91. The molecule has 0 bridgehead atoms. The molecule has 19 heavy (non-hydrogen) atoms. The number of nitrogens with one attached hydrogen (secondary N) is 1. The second kappa shape index (κ2) is 9.73. The number of rotatable bonds is 10. The van der Waals surface area contributed by atoms with Crippen LogP contribution in [0.15, 0.2) is 0 Å². The Kier molecular flexibility index (Phi) is 8.67. The van der Waals surface area contributed by atoms with Crippen LogP contribution in [-0.2, 0) is 0 Å². The molecule has 0 heterocycles. The highest BCUT2D eigenvalue weighted by atomic mass is 15.2. The van der Waals surface area contributed by atoms with Gasteiger partial charge >= 0.3 is 0 Å². The second-order valence-electron chi connectivity index (χ2n) is 6.85. The number of hydrogen-bond donors (Lipinski definition) is 1. The quantitative estimate of drug-likeness (QED) is 0.614. The van der Waals surface area contributed by atoms with E-state index in [4.69, 9.17) is 0 Å². The molecule has 3 nitrogen and oxygen atoms in total. The van der Waals surface area contributed by atoms with Crippen molar-refractivity contribution >= 4 is 0 Å². The molecule has 1 aliphatic rings. The summed E-state index contributed by atoms with van der Waals surface area (Å²) < 4.78 is 0. The summed E-state index contributed by atoms with van der Waals surface area (Å²) in [6.07, 6.45) is 5.80. The summed E-state index contributed by atoms with van der Waals surface area (Å²) in [5.41, 5.74) is 0. The van der Waals surface area contributed by atoms with Crippen LogP contribution in [0.1, 0.15) is 39.5 Å². The van der Waals surface area contributed by atoms with Crippen LogP contribution in [0, 0.1) is 11.8 Å². The van der Waals surface area contributed by atoms with Gasteiger partial charge in [0.25, 0.3) is 0 Å². The highest BCUT2D eigenvalue weighted by molar-refractivity contribution is 4.70. The highest BCUT2D eigenvalue weighted by Gasteiger charge is 2.14. The molecule has 1 saturated carbocycles. The van der Waals surface area contributed by atoms with Gasteiger partial charge in [0.1, 0.15) is 0 Å². The van der Waals surface area contributed by atoms with Crippen LogP contribution >= 0.6 is 0 Å². The van der Waals surface area contributed by atoms with Crippen LogP contribution in [0.4, 0.5) is 0 Å². The molecule has 3 heteroatoms. The van der Waals surface area contributed by atoms with Crippen molar-refractivity contribution in [2.75, 3.05) is 53.4 Å². The van der Waals surface area contributed by atoms with E-state index in [2.05, 4.69) is 43.1 Å². The van der Waals surface area contributed by atoms with Crippen molar-refractivity contribution in [1.82, 2.24) is 15.1 Å². The lowest BCUT2D eigenvalue weighted by molar-refractivity contribution is 0.218. The van der Waals surface area contributed by atoms with Gasteiger partial charge < -0.3 is 15.1 Å². The summed E-state index contributed by atoms with van der Waals surface area (Å²) in [5.74, 6) is 1.72. The Labute approximate surface area is 120 Å². The predicted octanol–water partition coefficient (Wildman–Crippen LogP) is 2.29. The molecule has 0 amide bonds. The number of hydrogen-bond acceptors (Lipinski definition) is 3. The number of nitrogens with zero attached hydrogens (tertiary/aromatic N) is 2. The first-order valence-corrected chi connectivity index (χ1v) is 8.15.